The first-order chi connectivity index (χ1) is 8.06. The maximum Gasteiger partial charge on any atom is 0.228 e. The summed E-state index contributed by atoms with van der Waals surface area (Å²) in [4.78, 5) is 20.3. The molecule has 1 aromatic heterocycles. The predicted molar refractivity (Wildman–Crippen MR) is 71.1 cm³/mol. The van der Waals surface area contributed by atoms with Crippen LogP contribution in [-0.4, -0.2) is 47.9 Å². The molecule has 0 saturated heterocycles. The number of carbonyl (C=O) groups excluding carboxylic acids is 1. The van der Waals surface area contributed by atoms with Crippen LogP contribution >= 0.6 is 11.3 Å². The third-order valence-electron chi connectivity index (χ3n) is 2.50. The van der Waals surface area contributed by atoms with E-state index in [1.54, 1.807) is 11.3 Å². The van der Waals surface area contributed by atoms with Gasteiger partial charge in [0.05, 0.1) is 12.1 Å². The second-order valence-corrected chi connectivity index (χ2v) is 5.16. The van der Waals surface area contributed by atoms with Crippen molar-refractivity contribution in [2.24, 2.45) is 0 Å². The monoisotopic (exact) mass is 255 g/mol. The van der Waals surface area contributed by atoms with Crippen LogP contribution in [0.15, 0.2) is 5.38 Å². The van der Waals surface area contributed by atoms with Crippen LogP contribution in [0.4, 0.5) is 0 Å². The van der Waals surface area contributed by atoms with Crippen molar-refractivity contribution in [1.29, 1.82) is 0 Å². The minimum atomic E-state index is 0.164. The molecule has 0 aromatic carbocycles. The van der Waals surface area contributed by atoms with Crippen LogP contribution in [0.2, 0.25) is 0 Å². The molecule has 1 rings (SSSR count). The second kappa shape index (κ2) is 6.71. The summed E-state index contributed by atoms with van der Waals surface area (Å²) in [6.45, 7) is 6.37. The molecule has 0 aliphatic carbocycles. The van der Waals surface area contributed by atoms with E-state index in [4.69, 9.17) is 0 Å². The lowest BCUT2D eigenvalue weighted by Gasteiger charge is -2.17. The van der Waals surface area contributed by atoms with Gasteiger partial charge in [-0.25, -0.2) is 4.98 Å². The van der Waals surface area contributed by atoms with E-state index < -0.39 is 0 Å². The Bertz CT molecular complexity index is 358. The molecule has 0 aliphatic heterocycles. The second-order valence-electron chi connectivity index (χ2n) is 4.21. The summed E-state index contributed by atoms with van der Waals surface area (Å²) < 4.78 is 0. The highest BCUT2D eigenvalue weighted by molar-refractivity contribution is 7.09. The first-order valence-electron chi connectivity index (χ1n) is 5.92. The molecule has 0 bridgehead atoms. The molecule has 0 N–H and O–H groups in total. The predicted octanol–water partition coefficient (Wildman–Crippen LogP) is 1.62. The van der Waals surface area contributed by atoms with Crippen molar-refractivity contribution in [2.75, 3.05) is 27.2 Å². The summed E-state index contributed by atoms with van der Waals surface area (Å²) in [5.74, 6) is 0.164. The summed E-state index contributed by atoms with van der Waals surface area (Å²) >= 11 is 1.62. The highest BCUT2D eigenvalue weighted by Crippen LogP contribution is 2.12. The van der Waals surface area contributed by atoms with Crippen molar-refractivity contribution in [3.05, 3.63) is 16.1 Å². The molecule has 0 unspecified atom stereocenters. The zero-order valence-corrected chi connectivity index (χ0v) is 11.9. The van der Waals surface area contributed by atoms with E-state index in [0.29, 0.717) is 6.42 Å². The van der Waals surface area contributed by atoms with E-state index in [2.05, 4.69) is 9.88 Å². The largest absolute Gasteiger partial charge is 0.343 e. The quantitative estimate of drug-likeness (QED) is 0.775. The van der Waals surface area contributed by atoms with Crippen LogP contribution in [0.3, 0.4) is 0 Å². The lowest BCUT2D eigenvalue weighted by atomic mass is 10.3. The van der Waals surface area contributed by atoms with Gasteiger partial charge in [0.15, 0.2) is 0 Å². The van der Waals surface area contributed by atoms with Crippen LogP contribution in [0.5, 0.6) is 0 Å². The number of amides is 1. The number of nitrogens with zero attached hydrogens (tertiary/aromatic N) is 3. The van der Waals surface area contributed by atoms with Crippen molar-refractivity contribution in [2.45, 2.75) is 26.8 Å². The van der Waals surface area contributed by atoms with Gasteiger partial charge in [-0.2, -0.15) is 0 Å². The van der Waals surface area contributed by atoms with Gasteiger partial charge in [0.2, 0.25) is 5.91 Å². The lowest BCUT2D eigenvalue weighted by Crippen LogP contribution is -2.31. The number of aromatic nitrogens is 1. The lowest BCUT2D eigenvalue weighted by molar-refractivity contribution is -0.130. The Hall–Kier alpha value is -0.940. The molecule has 1 amide bonds. The minimum Gasteiger partial charge on any atom is -0.343 e. The Kier molecular flexibility index (Phi) is 5.58. The van der Waals surface area contributed by atoms with Gasteiger partial charge in [0, 0.05) is 25.0 Å². The number of rotatable bonds is 6. The molecule has 5 heteroatoms. The Labute approximate surface area is 107 Å². The number of hydrogen-bond acceptors (Lipinski definition) is 4. The molecule has 0 saturated carbocycles. The van der Waals surface area contributed by atoms with Crippen LogP contribution in [0.1, 0.15) is 24.5 Å². The van der Waals surface area contributed by atoms with Crippen molar-refractivity contribution in [3.8, 4) is 0 Å². The summed E-state index contributed by atoms with van der Waals surface area (Å²) in [6.07, 6.45) is 0.422. The number of thiazole rings is 1. The highest BCUT2D eigenvalue weighted by Gasteiger charge is 2.12. The van der Waals surface area contributed by atoms with Gasteiger partial charge >= 0.3 is 0 Å². The van der Waals surface area contributed by atoms with Crippen molar-refractivity contribution >= 4 is 17.2 Å². The number of carbonyl (C=O) groups is 1. The molecule has 96 valence electrons. The summed E-state index contributed by atoms with van der Waals surface area (Å²) in [6, 6.07) is 0. The van der Waals surface area contributed by atoms with E-state index in [1.165, 1.54) is 0 Å². The molecule has 0 atom stereocenters. The molecule has 1 heterocycles. The maximum atomic E-state index is 11.9. The number of hydrogen-bond donors (Lipinski definition) is 0. The van der Waals surface area contributed by atoms with Gasteiger partial charge in [-0.1, -0.05) is 0 Å². The van der Waals surface area contributed by atoms with Gasteiger partial charge in [-0.15, -0.1) is 11.3 Å². The van der Waals surface area contributed by atoms with Crippen LogP contribution in [-0.2, 0) is 17.8 Å². The Balaban J connectivity index is 2.57. The van der Waals surface area contributed by atoms with Gasteiger partial charge in [-0.3, -0.25) is 4.79 Å². The van der Waals surface area contributed by atoms with Gasteiger partial charge in [0.1, 0.15) is 5.01 Å². The average molecular weight is 255 g/mol. The first-order valence-corrected chi connectivity index (χ1v) is 6.80. The van der Waals surface area contributed by atoms with E-state index >= 15 is 0 Å². The molecule has 0 aliphatic rings. The van der Waals surface area contributed by atoms with E-state index in [9.17, 15) is 4.79 Å². The summed E-state index contributed by atoms with van der Waals surface area (Å²) in [5.41, 5.74) is 0.892. The molecule has 17 heavy (non-hydrogen) atoms. The van der Waals surface area contributed by atoms with Crippen molar-refractivity contribution in [1.82, 2.24) is 14.8 Å². The van der Waals surface area contributed by atoms with Crippen molar-refractivity contribution < 1.29 is 4.79 Å². The fraction of sp³-hybridized carbons (Fsp3) is 0.667. The SMILES string of the molecule is CCN(CC)C(=O)Cc1csc(CN(C)C)n1. The van der Waals surface area contributed by atoms with E-state index in [0.717, 1.165) is 30.3 Å². The molecule has 0 radical (unpaired) electrons. The molecule has 1 aromatic rings. The third kappa shape index (κ3) is 4.44. The van der Waals surface area contributed by atoms with Crippen LogP contribution in [0, 0.1) is 0 Å². The molecule has 0 fully saturated rings. The molecule has 0 spiro atoms. The zero-order valence-electron chi connectivity index (χ0n) is 11.1. The minimum absolute atomic E-state index is 0.164. The molecular weight excluding hydrogens is 234 g/mol. The van der Waals surface area contributed by atoms with Gasteiger partial charge in [0.25, 0.3) is 0 Å². The summed E-state index contributed by atoms with van der Waals surface area (Å²) in [7, 11) is 4.03. The first kappa shape index (κ1) is 14.1. The highest BCUT2D eigenvalue weighted by atomic mass is 32.1. The normalized spacial score (nSPS) is 10.9. The smallest absolute Gasteiger partial charge is 0.228 e. The molecule has 4 nitrogen and oxygen atoms in total. The topological polar surface area (TPSA) is 36.4 Å². The molecular formula is C12H21N3OS. The summed E-state index contributed by atoms with van der Waals surface area (Å²) in [5, 5.41) is 3.05. The standard InChI is InChI=1S/C12H21N3OS/c1-5-15(6-2)12(16)7-10-9-17-11(13-10)8-14(3)4/h9H,5-8H2,1-4H3. The van der Waals surface area contributed by atoms with Gasteiger partial charge in [-0.05, 0) is 27.9 Å². The van der Waals surface area contributed by atoms with Gasteiger partial charge < -0.3 is 9.80 Å². The number of likely N-dealkylation sites (N-methyl/N-ethyl adjacent to an activating group) is 1. The average Bonchev–Trinajstić information content (AvgIpc) is 2.66. The Morgan fingerprint density at radius 1 is 1.35 bits per heavy atom. The van der Waals surface area contributed by atoms with E-state index in [1.807, 2.05) is 38.2 Å². The third-order valence-corrected chi connectivity index (χ3v) is 3.38. The fourth-order valence-corrected chi connectivity index (χ4v) is 2.53. The zero-order chi connectivity index (χ0) is 12.8. The van der Waals surface area contributed by atoms with Crippen LogP contribution in [0.25, 0.3) is 0 Å². The maximum absolute atomic E-state index is 11.9. The van der Waals surface area contributed by atoms with Crippen molar-refractivity contribution in [3.63, 3.8) is 0 Å². The fourth-order valence-electron chi connectivity index (χ4n) is 1.62. The Morgan fingerprint density at radius 3 is 2.53 bits per heavy atom. The Morgan fingerprint density at radius 2 is 2.00 bits per heavy atom. The van der Waals surface area contributed by atoms with Crippen LogP contribution < -0.4 is 0 Å². The van der Waals surface area contributed by atoms with E-state index in [-0.39, 0.29) is 5.91 Å².